The van der Waals surface area contributed by atoms with Crippen molar-refractivity contribution in [2.45, 2.75) is 70.6 Å². The predicted molar refractivity (Wildman–Crippen MR) is 201 cm³/mol. The molecule has 2 aromatic rings. The Morgan fingerprint density at radius 3 is 2.13 bits per heavy atom. The third-order valence-corrected chi connectivity index (χ3v) is 12.8. The van der Waals surface area contributed by atoms with Gasteiger partial charge in [0.15, 0.2) is 28.7 Å². The Labute approximate surface area is 343 Å². The maximum absolute atomic E-state index is 11.6. The Balaban J connectivity index is 0.00000497. The van der Waals surface area contributed by atoms with Gasteiger partial charge in [0.2, 0.25) is 19.3 Å². The second-order valence-electron chi connectivity index (χ2n) is 14.9. The van der Waals surface area contributed by atoms with Crippen LogP contribution < -0.4 is 53.4 Å². The van der Waals surface area contributed by atoms with E-state index in [4.69, 9.17) is 30.5 Å². The molecule has 2 aromatic carbocycles. The second-order valence-corrected chi connectivity index (χ2v) is 18.4. The first-order valence-electron chi connectivity index (χ1n) is 17.6. The number of hydrogen-bond donors (Lipinski definition) is 1. The van der Waals surface area contributed by atoms with Crippen LogP contribution in [0.4, 0.5) is 11.4 Å². The number of rotatable bonds is 11. The first-order valence-corrected chi connectivity index (χ1v) is 21.2. The van der Waals surface area contributed by atoms with Crippen LogP contribution in [0.15, 0.2) is 70.4 Å². The van der Waals surface area contributed by atoms with Crippen LogP contribution in [0.25, 0.3) is 0 Å². The molecule has 12 nitrogen and oxygen atoms in total. The molecule has 0 aromatic heterocycles. The van der Waals surface area contributed by atoms with Gasteiger partial charge in [0.1, 0.15) is 6.54 Å². The van der Waals surface area contributed by atoms with Crippen molar-refractivity contribution in [2.24, 2.45) is 0 Å². The normalized spacial score (nSPS) is 21.1. The number of nitrogens with zero attached hydrogens (tertiary/aromatic N) is 2. The van der Waals surface area contributed by atoms with Crippen LogP contribution in [-0.4, -0.2) is 74.4 Å². The van der Waals surface area contributed by atoms with Crippen molar-refractivity contribution in [2.75, 3.05) is 43.1 Å². The molecule has 4 heterocycles. The van der Waals surface area contributed by atoms with E-state index in [9.17, 15) is 25.9 Å². The van der Waals surface area contributed by atoms with Crippen molar-refractivity contribution in [3.8, 4) is 23.0 Å². The summed E-state index contributed by atoms with van der Waals surface area (Å²) in [7, 11) is -8.50. The average molecular weight is 810 g/mol. The van der Waals surface area contributed by atoms with E-state index in [2.05, 4.69) is 37.2 Å². The predicted octanol–water partition coefficient (Wildman–Crippen LogP) is 3.58. The zero-order valence-electron chi connectivity index (χ0n) is 31.1. The number of fused-ring (bicyclic) bond motifs is 4. The van der Waals surface area contributed by atoms with Crippen molar-refractivity contribution in [1.82, 2.24) is 0 Å². The van der Waals surface area contributed by atoms with Crippen LogP contribution in [0, 0.1) is 0 Å². The van der Waals surface area contributed by atoms with E-state index in [1.54, 1.807) is 0 Å². The fourth-order valence-corrected chi connectivity index (χ4v) is 9.26. The largest absolute Gasteiger partial charge is 1.00 e. The smallest absolute Gasteiger partial charge is 0.748 e. The van der Waals surface area contributed by atoms with E-state index in [1.165, 1.54) is 0 Å². The molecular formula is C38H43ClN2NaO10S2+. The van der Waals surface area contributed by atoms with Gasteiger partial charge >= 0.3 is 29.6 Å². The first kappa shape index (κ1) is 40.8. The molecule has 0 saturated heterocycles. The molecule has 1 aliphatic carbocycles. The fraction of sp³-hybridized carbons (Fsp3) is 0.447. The summed E-state index contributed by atoms with van der Waals surface area (Å²) in [6.45, 7) is 9.36. The van der Waals surface area contributed by atoms with Gasteiger partial charge in [0.25, 0.3) is 10.1 Å². The van der Waals surface area contributed by atoms with Crippen LogP contribution in [0.2, 0.25) is 0 Å². The Kier molecular flexibility index (Phi) is 11.5. The van der Waals surface area contributed by atoms with Crippen LogP contribution >= 0.6 is 11.6 Å². The molecule has 16 heteroatoms. The Hall–Kier alpha value is -2.82. The zero-order chi connectivity index (χ0) is 37.9. The van der Waals surface area contributed by atoms with Gasteiger partial charge in [-0.15, -0.1) is 0 Å². The zero-order valence-corrected chi connectivity index (χ0v) is 35.5. The minimum Gasteiger partial charge on any atom is -0.748 e. The van der Waals surface area contributed by atoms with Crippen LogP contribution in [0.3, 0.4) is 0 Å². The van der Waals surface area contributed by atoms with Gasteiger partial charge in [-0.05, 0) is 74.4 Å². The summed E-state index contributed by atoms with van der Waals surface area (Å²) in [5, 5.41) is 0.648. The van der Waals surface area contributed by atoms with Crippen LogP contribution in [0.1, 0.15) is 70.9 Å². The maximum atomic E-state index is 11.6. The minimum atomic E-state index is -4.38. The molecule has 0 fully saturated rings. The molecule has 4 aliphatic heterocycles. The summed E-state index contributed by atoms with van der Waals surface area (Å²) in [5.74, 6) is 1.73. The molecular weight excluding hydrogens is 767 g/mol. The summed E-state index contributed by atoms with van der Waals surface area (Å²) in [6, 6.07) is 7.79. The van der Waals surface area contributed by atoms with Crippen molar-refractivity contribution in [1.29, 1.82) is 0 Å². The Morgan fingerprint density at radius 1 is 0.852 bits per heavy atom. The van der Waals surface area contributed by atoms with Crippen molar-refractivity contribution in [3.05, 3.63) is 81.6 Å². The van der Waals surface area contributed by atoms with Gasteiger partial charge in [-0.25, -0.2) is 8.42 Å². The molecule has 5 aliphatic rings. The SMILES string of the molecule is CC1(C)C(/C=C/C2=C(Cl)C(=C/C=C3\N(CCCS(=O)(=O)O)c4cc5c(cc4C3(C)C)OCO5)/CCC2)=[N+](CCCS(=O)(=O)[O-])c2cc3c(cc21)OCO3.[Na+]. The molecule has 0 unspecified atom stereocenters. The van der Waals surface area contributed by atoms with Gasteiger partial charge in [-0.3, -0.25) is 4.55 Å². The molecule has 0 bridgehead atoms. The van der Waals surface area contributed by atoms with Crippen LogP contribution in [-0.2, 0) is 31.1 Å². The van der Waals surface area contributed by atoms with E-state index in [1.807, 2.05) is 48.6 Å². The standard InChI is InChI=1S/C38H43ClN2O10S2.Na/c1-37(2)26-18-30-32(50-22-48-30)20-28(26)40(14-6-16-52(42,43)44)34(37)12-10-24-8-5-9-25(36(24)39)11-13-35-38(3,4)27-19-31-33(51-23-49-31)21-29(27)41(35)15-7-17-53(45,46)47;/h10-13,18-21H,5-9,14-17,22-23H2,1-4H3,(H-,42,43,44,45,46,47);/q;+1. The Bertz CT molecular complexity index is 2260. The molecule has 0 amide bonds. The number of allylic oxidation sites excluding steroid dienone is 8. The summed E-state index contributed by atoms with van der Waals surface area (Å²) in [4.78, 5) is 2.08. The number of halogens is 1. The fourth-order valence-electron chi connectivity index (χ4n) is 7.97. The van der Waals surface area contributed by atoms with E-state index >= 15 is 0 Å². The summed E-state index contributed by atoms with van der Waals surface area (Å²) in [5.41, 5.74) is 6.65. The first-order chi connectivity index (χ1) is 24.9. The summed E-state index contributed by atoms with van der Waals surface area (Å²) >= 11 is 7.15. The van der Waals surface area contributed by atoms with E-state index < -0.39 is 36.8 Å². The van der Waals surface area contributed by atoms with Gasteiger partial charge in [0, 0.05) is 58.3 Å². The van der Waals surface area contributed by atoms with Gasteiger partial charge in [0.05, 0.1) is 27.4 Å². The number of hydrogen-bond acceptors (Lipinski definition) is 10. The monoisotopic (exact) mass is 809 g/mol. The quantitative estimate of drug-likeness (QED) is 0.201. The van der Waals surface area contributed by atoms with Gasteiger partial charge in [-0.1, -0.05) is 37.6 Å². The minimum absolute atomic E-state index is 0. The Morgan fingerprint density at radius 2 is 1.48 bits per heavy atom. The molecule has 284 valence electrons. The molecule has 54 heavy (non-hydrogen) atoms. The van der Waals surface area contributed by atoms with E-state index in [0.29, 0.717) is 41.1 Å². The molecule has 0 atom stereocenters. The molecule has 0 radical (unpaired) electrons. The van der Waals surface area contributed by atoms with E-state index in [0.717, 1.165) is 64.3 Å². The number of ether oxygens (including phenoxy) is 4. The van der Waals surface area contributed by atoms with Crippen molar-refractivity contribution in [3.63, 3.8) is 0 Å². The third kappa shape index (κ3) is 8.04. The average Bonchev–Trinajstić information content (AvgIpc) is 3.81. The molecule has 7 rings (SSSR count). The van der Waals surface area contributed by atoms with E-state index in [-0.39, 0.29) is 61.7 Å². The third-order valence-electron chi connectivity index (χ3n) is 10.7. The second kappa shape index (κ2) is 15.3. The topological polar surface area (TPSA) is 155 Å². The molecule has 0 saturated carbocycles. The summed E-state index contributed by atoms with van der Waals surface area (Å²) < 4.78 is 91.8. The number of benzene rings is 2. The van der Waals surface area contributed by atoms with Gasteiger partial charge in [-0.2, -0.15) is 13.0 Å². The molecule has 0 spiro atoms. The van der Waals surface area contributed by atoms with Crippen molar-refractivity contribution >= 4 is 48.9 Å². The number of anilines is 1. The summed E-state index contributed by atoms with van der Waals surface area (Å²) in [6.07, 6.45) is 10.9. The van der Waals surface area contributed by atoms with Crippen molar-refractivity contribution < 1.29 is 79.0 Å². The maximum Gasteiger partial charge on any atom is 1.00 e. The van der Waals surface area contributed by atoms with Gasteiger partial charge < -0.3 is 28.4 Å². The molecule has 1 N–H and O–H groups in total. The van der Waals surface area contributed by atoms with Crippen LogP contribution in [0.5, 0.6) is 23.0 Å².